The summed E-state index contributed by atoms with van der Waals surface area (Å²) >= 11 is 0. The predicted molar refractivity (Wildman–Crippen MR) is 132 cm³/mol. The topological polar surface area (TPSA) is 99.5 Å². The summed E-state index contributed by atoms with van der Waals surface area (Å²) in [6, 6.07) is 17.5. The standard InChI is InChI=1S/C25H27N7O2/c1-18-27-24(30-25(28-18)32-13-11-31(12-14-32)15-16-33)29-20-5-8-21(9-6-20)34-22-7-4-19-3-2-10-26-23(19)17-22/h2-10,17,33H,11-16H2,1H3,(H,27,28,29,30). The number of pyridine rings is 1. The van der Waals surface area contributed by atoms with Crippen LogP contribution in [-0.4, -0.2) is 69.3 Å². The molecule has 2 N–H and O–H groups in total. The molecule has 0 atom stereocenters. The molecular formula is C25H27N7O2. The maximum Gasteiger partial charge on any atom is 0.232 e. The van der Waals surface area contributed by atoms with E-state index in [4.69, 9.17) is 9.84 Å². The van der Waals surface area contributed by atoms with E-state index >= 15 is 0 Å². The van der Waals surface area contributed by atoms with E-state index in [1.807, 2.05) is 61.5 Å². The van der Waals surface area contributed by atoms with Gasteiger partial charge in [-0.3, -0.25) is 9.88 Å². The third-order valence-electron chi connectivity index (χ3n) is 5.73. The van der Waals surface area contributed by atoms with Crippen molar-refractivity contribution in [3.05, 3.63) is 66.6 Å². The molecule has 4 aromatic rings. The van der Waals surface area contributed by atoms with Gasteiger partial charge in [-0.1, -0.05) is 6.07 Å². The van der Waals surface area contributed by atoms with Crippen molar-refractivity contribution in [3.8, 4) is 11.5 Å². The van der Waals surface area contributed by atoms with Crippen LogP contribution in [0.2, 0.25) is 0 Å². The number of benzene rings is 2. The van der Waals surface area contributed by atoms with Crippen molar-refractivity contribution in [1.29, 1.82) is 0 Å². The molecule has 9 heteroatoms. The van der Waals surface area contributed by atoms with E-state index in [1.54, 1.807) is 6.20 Å². The number of anilines is 3. The molecule has 1 aliphatic heterocycles. The molecule has 1 aliphatic rings. The third-order valence-corrected chi connectivity index (χ3v) is 5.73. The van der Waals surface area contributed by atoms with E-state index < -0.39 is 0 Å². The summed E-state index contributed by atoms with van der Waals surface area (Å²) in [5, 5.41) is 13.5. The normalized spacial score (nSPS) is 14.4. The molecule has 0 spiro atoms. The summed E-state index contributed by atoms with van der Waals surface area (Å²) in [5.74, 6) is 3.31. The van der Waals surface area contributed by atoms with E-state index in [1.165, 1.54) is 0 Å². The van der Waals surface area contributed by atoms with Crippen LogP contribution in [0.1, 0.15) is 5.82 Å². The second-order valence-electron chi connectivity index (χ2n) is 8.17. The first-order chi connectivity index (χ1) is 16.7. The van der Waals surface area contributed by atoms with Crippen LogP contribution >= 0.6 is 0 Å². The molecule has 5 rings (SSSR count). The van der Waals surface area contributed by atoms with Gasteiger partial charge < -0.3 is 20.1 Å². The number of ether oxygens (including phenoxy) is 1. The number of rotatable bonds is 7. The first-order valence-electron chi connectivity index (χ1n) is 11.4. The van der Waals surface area contributed by atoms with Crippen LogP contribution < -0.4 is 15.0 Å². The number of aliphatic hydroxyl groups is 1. The van der Waals surface area contributed by atoms with Crippen LogP contribution in [-0.2, 0) is 0 Å². The highest BCUT2D eigenvalue weighted by Gasteiger charge is 2.19. The Kier molecular flexibility index (Phi) is 6.46. The Morgan fingerprint density at radius 2 is 1.74 bits per heavy atom. The quantitative estimate of drug-likeness (QED) is 0.433. The lowest BCUT2D eigenvalue weighted by Gasteiger charge is -2.34. The number of nitrogens with zero attached hydrogens (tertiary/aromatic N) is 6. The first-order valence-corrected chi connectivity index (χ1v) is 11.4. The Bertz CT molecular complexity index is 1260. The van der Waals surface area contributed by atoms with Gasteiger partial charge in [-0.05, 0) is 49.4 Å². The molecule has 0 aliphatic carbocycles. The van der Waals surface area contributed by atoms with E-state index in [2.05, 4.69) is 35.1 Å². The summed E-state index contributed by atoms with van der Waals surface area (Å²) in [4.78, 5) is 22.4. The Morgan fingerprint density at radius 1 is 0.941 bits per heavy atom. The summed E-state index contributed by atoms with van der Waals surface area (Å²) in [6.07, 6.45) is 1.78. The average molecular weight is 458 g/mol. The third kappa shape index (κ3) is 5.22. The van der Waals surface area contributed by atoms with Gasteiger partial charge in [0.2, 0.25) is 11.9 Å². The fourth-order valence-electron chi connectivity index (χ4n) is 3.96. The van der Waals surface area contributed by atoms with Crippen molar-refractivity contribution in [3.63, 3.8) is 0 Å². The van der Waals surface area contributed by atoms with Crippen molar-refractivity contribution in [2.45, 2.75) is 6.92 Å². The van der Waals surface area contributed by atoms with Crippen LogP contribution in [0, 0.1) is 6.92 Å². The van der Waals surface area contributed by atoms with Crippen LogP contribution in [0.5, 0.6) is 11.5 Å². The van der Waals surface area contributed by atoms with Crippen molar-refractivity contribution in [2.75, 3.05) is 49.5 Å². The zero-order valence-corrected chi connectivity index (χ0v) is 19.1. The molecule has 9 nitrogen and oxygen atoms in total. The highest BCUT2D eigenvalue weighted by molar-refractivity contribution is 5.79. The molecule has 2 aromatic heterocycles. The van der Waals surface area contributed by atoms with E-state index in [0.29, 0.717) is 24.3 Å². The molecule has 1 saturated heterocycles. The van der Waals surface area contributed by atoms with Crippen molar-refractivity contribution in [1.82, 2.24) is 24.8 Å². The summed E-state index contributed by atoms with van der Waals surface area (Å²) in [6.45, 7) is 6.15. The smallest absolute Gasteiger partial charge is 0.232 e. The van der Waals surface area contributed by atoms with E-state index in [9.17, 15) is 0 Å². The molecule has 34 heavy (non-hydrogen) atoms. The molecule has 1 fully saturated rings. The zero-order chi connectivity index (χ0) is 23.3. The van der Waals surface area contributed by atoms with Crippen LogP contribution in [0.25, 0.3) is 10.9 Å². The van der Waals surface area contributed by atoms with Crippen LogP contribution in [0.15, 0.2) is 60.8 Å². The zero-order valence-electron chi connectivity index (χ0n) is 19.1. The van der Waals surface area contributed by atoms with E-state index in [0.717, 1.165) is 54.3 Å². The van der Waals surface area contributed by atoms with Gasteiger partial charge in [-0.15, -0.1) is 0 Å². The van der Waals surface area contributed by atoms with Gasteiger partial charge in [0.05, 0.1) is 12.1 Å². The van der Waals surface area contributed by atoms with Crippen LogP contribution in [0.4, 0.5) is 17.6 Å². The molecule has 0 bridgehead atoms. The van der Waals surface area contributed by atoms with Gasteiger partial charge in [0.1, 0.15) is 17.3 Å². The number of aryl methyl sites for hydroxylation is 1. The lowest BCUT2D eigenvalue weighted by atomic mass is 10.2. The van der Waals surface area contributed by atoms with Gasteiger partial charge >= 0.3 is 0 Å². The van der Waals surface area contributed by atoms with Crippen LogP contribution in [0.3, 0.4) is 0 Å². The minimum absolute atomic E-state index is 0.183. The fourth-order valence-corrected chi connectivity index (χ4v) is 3.96. The molecule has 0 radical (unpaired) electrons. The first kappa shape index (κ1) is 22.0. The number of piperazine rings is 1. The summed E-state index contributed by atoms with van der Waals surface area (Å²) in [5.41, 5.74) is 1.76. The minimum Gasteiger partial charge on any atom is -0.457 e. The largest absolute Gasteiger partial charge is 0.457 e. The van der Waals surface area contributed by atoms with Gasteiger partial charge in [0.15, 0.2) is 0 Å². The van der Waals surface area contributed by atoms with Crippen molar-refractivity contribution in [2.24, 2.45) is 0 Å². The van der Waals surface area contributed by atoms with Gasteiger partial charge in [0.25, 0.3) is 0 Å². The molecular weight excluding hydrogens is 430 g/mol. The Morgan fingerprint density at radius 3 is 2.53 bits per heavy atom. The minimum atomic E-state index is 0.183. The predicted octanol–water partition coefficient (Wildman–Crippen LogP) is 3.38. The Balaban J connectivity index is 1.24. The highest BCUT2D eigenvalue weighted by Crippen LogP contribution is 2.26. The molecule has 0 saturated carbocycles. The average Bonchev–Trinajstić information content (AvgIpc) is 2.85. The number of nitrogens with one attached hydrogen (secondary N) is 1. The van der Waals surface area contributed by atoms with Gasteiger partial charge in [0, 0.05) is 56.1 Å². The van der Waals surface area contributed by atoms with Gasteiger partial charge in [-0.25, -0.2) is 0 Å². The second kappa shape index (κ2) is 9.98. The Hall–Kier alpha value is -3.82. The molecule has 0 unspecified atom stereocenters. The molecule has 3 heterocycles. The maximum absolute atomic E-state index is 9.14. The maximum atomic E-state index is 9.14. The number of hydrogen-bond donors (Lipinski definition) is 2. The molecule has 0 amide bonds. The number of aromatic nitrogens is 4. The van der Waals surface area contributed by atoms with Crippen molar-refractivity contribution >= 4 is 28.5 Å². The summed E-state index contributed by atoms with van der Waals surface area (Å²) in [7, 11) is 0. The SMILES string of the molecule is Cc1nc(Nc2ccc(Oc3ccc4cccnc4c3)cc2)nc(N2CCN(CCO)CC2)n1. The monoisotopic (exact) mass is 457 g/mol. The number of β-amino-alcohol motifs (C(OH)–C–C–N with tert-alkyl or cyclic N) is 1. The highest BCUT2D eigenvalue weighted by atomic mass is 16.5. The lowest BCUT2D eigenvalue weighted by Crippen LogP contribution is -2.47. The molecule has 174 valence electrons. The Labute approximate surface area is 198 Å². The summed E-state index contributed by atoms with van der Waals surface area (Å²) < 4.78 is 6.00. The molecule has 2 aromatic carbocycles. The van der Waals surface area contributed by atoms with Crippen molar-refractivity contribution < 1.29 is 9.84 Å². The van der Waals surface area contributed by atoms with Gasteiger partial charge in [-0.2, -0.15) is 15.0 Å². The number of hydrogen-bond acceptors (Lipinski definition) is 9. The fraction of sp³-hybridized carbons (Fsp3) is 0.280. The number of fused-ring (bicyclic) bond motifs is 1. The number of aliphatic hydroxyl groups excluding tert-OH is 1. The second-order valence-corrected chi connectivity index (χ2v) is 8.17. The van der Waals surface area contributed by atoms with E-state index in [-0.39, 0.29) is 6.61 Å². The lowest BCUT2D eigenvalue weighted by molar-refractivity contribution is 0.188.